The second-order valence-corrected chi connectivity index (χ2v) is 8.74. The molecule has 0 bridgehead atoms. The van der Waals surface area contributed by atoms with E-state index in [2.05, 4.69) is 22.8 Å². The first-order valence-corrected chi connectivity index (χ1v) is 11.1. The highest BCUT2D eigenvalue weighted by Crippen LogP contribution is 2.26. The lowest BCUT2D eigenvalue weighted by Gasteiger charge is -2.41. The van der Waals surface area contributed by atoms with Crippen molar-refractivity contribution >= 4 is 11.8 Å². The highest BCUT2D eigenvalue weighted by molar-refractivity contribution is 5.81. The van der Waals surface area contributed by atoms with Crippen LogP contribution >= 0.6 is 0 Å². The molecule has 1 aromatic carbocycles. The summed E-state index contributed by atoms with van der Waals surface area (Å²) in [5.41, 5.74) is 1.19. The Kier molecular flexibility index (Phi) is 6.82. The maximum Gasteiger partial charge on any atom is 0.228 e. The molecule has 2 N–H and O–H groups in total. The van der Waals surface area contributed by atoms with Gasteiger partial charge in [0.1, 0.15) is 0 Å². The van der Waals surface area contributed by atoms with Crippen LogP contribution in [-0.2, 0) is 20.7 Å². The van der Waals surface area contributed by atoms with E-state index in [4.69, 9.17) is 4.74 Å². The number of benzene rings is 1. The summed E-state index contributed by atoms with van der Waals surface area (Å²) in [6.07, 6.45) is 6.87. The van der Waals surface area contributed by atoms with Gasteiger partial charge in [-0.05, 0) is 37.2 Å². The monoisotopic (exact) mass is 399 g/mol. The summed E-state index contributed by atoms with van der Waals surface area (Å²) in [5, 5.41) is 6.64. The fraction of sp³-hybridized carbons (Fsp3) is 0.652. The van der Waals surface area contributed by atoms with Crippen LogP contribution < -0.4 is 10.6 Å². The molecule has 2 saturated heterocycles. The predicted octanol–water partition coefficient (Wildman–Crippen LogP) is 2.09. The van der Waals surface area contributed by atoms with E-state index in [0.29, 0.717) is 32.1 Å². The molecule has 2 amide bonds. The lowest BCUT2D eigenvalue weighted by molar-refractivity contribution is -0.139. The maximum absolute atomic E-state index is 13.1. The largest absolute Gasteiger partial charge is 0.381 e. The molecule has 29 heavy (non-hydrogen) atoms. The van der Waals surface area contributed by atoms with Crippen molar-refractivity contribution < 1.29 is 14.3 Å². The van der Waals surface area contributed by atoms with Gasteiger partial charge in [0.25, 0.3) is 0 Å². The molecule has 0 radical (unpaired) electrons. The summed E-state index contributed by atoms with van der Waals surface area (Å²) in [6.45, 7) is 2.52. The molecule has 4 rings (SSSR count). The fourth-order valence-electron chi connectivity index (χ4n) is 4.93. The standard InChI is InChI=1S/C23H33N3O3/c27-22(11-10-17-6-2-1-3-7-17)26(14-18-8-4-5-9-18)15-21-24-20-12-13-29-16-19(20)23(28)25-21/h1-3,6-7,18-21,24H,4-5,8-16H2,(H,25,28). The summed E-state index contributed by atoms with van der Waals surface area (Å²) < 4.78 is 5.46. The Bertz CT molecular complexity index is 690. The number of aryl methyl sites for hydroxylation is 1. The van der Waals surface area contributed by atoms with E-state index in [1.807, 2.05) is 23.1 Å². The van der Waals surface area contributed by atoms with Gasteiger partial charge in [-0.2, -0.15) is 0 Å². The van der Waals surface area contributed by atoms with E-state index in [9.17, 15) is 9.59 Å². The number of nitrogens with zero attached hydrogens (tertiary/aromatic N) is 1. The molecular weight excluding hydrogens is 366 g/mol. The van der Waals surface area contributed by atoms with Gasteiger partial charge in [0, 0.05) is 25.6 Å². The third kappa shape index (κ3) is 5.37. The first-order valence-electron chi connectivity index (χ1n) is 11.1. The van der Waals surface area contributed by atoms with Gasteiger partial charge in [-0.1, -0.05) is 43.2 Å². The van der Waals surface area contributed by atoms with Crippen LogP contribution in [0.4, 0.5) is 0 Å². The second kappa shape index (κ2) is 9.72. The average molecular weight is 400 g/mol. The van der Waals surface area contributed by atoms with Crippen molar-refractivity contribution in [1.29, 1.82) is 0 Å². The van der Waals surface area contributed by atoms with Crippen LogP contribution in [0.1, 0.15) is 44.1 Å². The number of hydrogen-bond donors (Lipinski definition) is 2. The van der Waals surface area contributed by atoms with E-state index in [0.717, 1.165) is 19.4 Å². The van der Waals surface area contributed by atoms with Crippen molar-refractivity contribution in [1.82, 2.24) is 15.5 Å². The third-order valence-electron chi connectivity index (χ3n) is 6.60. The molecule has 1 saturated carbocycles. The Morgan fingerprint density at radius 1 is 1.10 bits per heavy atom. The fourth-order valence-corrected chi connectivity index (χ4v) is 4.93. The predicted molar refractivity (Wildman–Crippen MR) is 111 cm³/mol. The van der Waals surface area contributed by atoms with Gasteiger partial charge in [0.05, 0.1) is 25.2 Å². The topological polar surface area (TPSA) is 70.7 Å². The zero-order valence-corrected chi connectivity index (χ0v) is 17.1. The summed E-state index contributed by atoms with van der Waals surface area (Å²) in [6, 6.07) is 10.3. The van der Waals surface area contributed by atoms with Gasteiger partial charge >= 0.3 is 0 Å². The molecular formula is C23H33N3O3. The molecule has 3 atom stereocenters. The van der Waals surface area contributed by atoms with Crippen LogP contribution in [0.25, 0.3) is 0 Å². The quantitative estimate of drug-likeness (QED) is 0.737. The first kappa shape index (κ1) is 20.4. The zero-order chi connectivity index (χ0) is 20.1. The molecule has 3 aliphatic rings. The summed E-state index contributed by atoms with van der Waals surface area (Å²) in [5.74, 6) is 0.713. The summed E-state index contributed by atoms with van der Waals surface area (Å²) in [7, 11) is 0. The molecule has 6 heteroatoms. The van der Waals surface area contributed by atoms with E-state index in [-0.39, 0.29) is 29.9 Å². The van der Waals surface area contributed by atoms with Crippen molar-refractivity contribution in [2.45, 2.75) is 57.2 Å². The highest BCUT2D eigenvalue weighted by Gasteiger charge is 2.39. The molecule has 158 valence electrons. The minimum atomic E-state index is -0.177. The number of carbonyl (C=O) groups excluding carboxylic acids is 2. The molecule has 1 aromatic rings. The van der Waals surface area contributed by atoms with Crippen molar-refractivity contribution in [3.8, 4) is 0 Å². The first-order chi connectivity index (χ1) is 14.2. The van der Waals surface area contributed by atoms with Gasteiger partial charge in [0.2, 0.25) is 11.8 Å². The van der Waals surface area contributed by atoms with Crippen LogP contribution in [0.5, 0.6) is 0 Å². The van der Waals surface area contributed by atoms with Crippen LogP contribution in [0.3, 0.4) is 0 Å². The van der Waals surface area contributed by atoms with Crippen LogP contribution in [0.15, 0.2) is 30.3 Å². The number of fused-ring (bicyclic) bond motifs is 1. The van der Waals surface area contributed by atoms with E-state index in [1.54, 1.807) is 0 Å². The molecule has 1 aliphatic carbocycles. The lowest BCUT2D eigenvalue weighted by atomic mass is 9.92. The van der Waals surface area contributed by atoms with Crippen molar-refractivity contribution in [3.05, 3.63) is 35.9 Å². The van der Waals surface area contributed by atoms with Crippen LogP contribution in [0, 0.1) is 11.8 Å². The SMILES string of the molecule is O=C1NC(CN(CC2CCCC2)C(=O)CCc2ccccc2)NC2CCOCC12. The molecule has 3 fully saturated rings. The highest BCUT2D eigenvalue weighted by atomic mass is 16.5. The Morgan fingerprint density at radius 2 is 1.90 bits per heavy atom. The normalized spacial score (nSPS) is 27.3. The van der Waals surface area contributed by atoms with E-state index >= 15 is 0 Å². The average Bonchev–Trinajstić information content (AvgIpc) is 3.25. The minimum Gasteiger partial charge on any atom is -0.381 e. The molecule has 2 aliphatic heterocycles. The van der Waals surface area contributed by atoms with Gasteiger partial charge < -0.3 is 15.0 Å². The number of rotatable bonds is 7. The molecule has 3 unspecified atom stereocenters. The van der Waals surface area contributed by atoms with E-state index in [1.165, 1.54) is 31.2 Å². The Balaban J connectivity index is 1.38. The lowest BCUT2D eigenvalue weighted by Crippen LogP contribution is -2.66. The summed E-state index contributed by atoms with van der Waals surface area (Å²) >= 11 is 0. The molecule has 6 nitrogen and oxygen atoms in total. The van der Waals surface area contributed by atoms with Gasteiger partial charge in [-0.25, -0.2) is 0 Å². The van der Waals surface area contributed by atoms with Crippen molar-refractivity contribution in [2.75, 3.05) is 26.3 Å². The molecule has 0 spiro atoms. The Labute approximate surface area is 173 Å². The minimum absolute atomic E-state index is 0.0519. The number of carbonyl (C=O) groups is 2. The van der Waals surface area contributed by atoms with Gasteiger partial charge in [-0.15, -0.1) is 0 Å². The van der Waals surface area contributed by atoms with Gasteiger partial charge in [-0.3, -0.25) is 14.9 Å². The maximum atomic E-state index is 13.1. The number of hydrogen-bond acceptors (Lipinski definition) is 4. The van der Waals surface area contributed by atoms with Crippen LogP contribution in [0.2, 0.25) is 0 Å². The smallest absolute Gasteiger partial charge is 0.228 e. The van der Waals surface area contributed by atoms with Crippen molar-refractivity contribution in [2.24, 2.45) is 11.8 Å². The Hall–Kier alpha value is -1.92. The third-order valence-corrected chi connectivity index (χ3v) is 6.60. The van der Waals surface area contributed by atoms with Gasteiger partial charge in [0.15, 0.2) is 0 Å². The number of amides is 2. The molecule has 0 aromatic heterocycles. The number of ether oxygens (including phenoxy) is 1. The van der Waals surface area contributed by atoms with Crippen molar-refractivity contribution in [3.63, 3.8) is 0 Å². The molecule has 2 heterocycles. The second-order valence-electron chi connectivity index (χ2n) is 8.74. The van der Waals surface area contributed by atoms with E-state index < -0.39 is 0 Å². The number of nitrogens with one attached hydrogen (secondary N) is 2. The van der Waals surface area contributed by atoms with Crippen LogP contribution in [-0.4, -0.2) is 55.2 Å². The zero-order valence-electron chi connectivity index (χ0n) is 17.1. The summed E-state index contributed by atoms with van der Waals surface area (Å²) in [4.78, 5) is 27.6. The Morgan fingerprint density at radius 3 is 2.69 bits per heavy atom.